The fraction of sp³-hybridized carbons (Fsp3) is 0.667. The molecule has 0 unspecified atom stereocenters. The van der Waals surface area contributed by atoms with Gasteiger partial charge in [-0.15, -0.1) is 5.10 Å². The predicted octanol–water partition coefficient (Wildman–Crippen LogP) is -0.996. The molecule has 0 aliphatic carbocycles. The van der Waals surface area contributed by atoms with Crippen LogP contribution in [0.1, 0.15) is 0 Å². The third-order valence-electron chi connectivity index (χ3n) is 1.48. The lowest BCUT2D eigenvalue weighted by atomic mass is 10.6. The third-order valence-corrected chi connectivity index (χ3v) is 1.48. The molecule has 0 saturated carbocycles. The normalized spacial score (nSPS) is 10.9. The smallest absolute Gasteiger partial charge is 0.241 e. The molecule has 0 aliphatic rings. The van der Waals surface area contributed by atoms with Crippen LogP contribution in [0.2, 0.25) is 0 Å². The van der Waals surface area contributed by atoms with Crippen molar-refractivity contribution < 1.29 is 0 Å². The third kappa shape index (κ3) is 2.09. The van der Waals surface area contributed by atoms with Crippen LogP contribution in [-0.4, -0.2) is 40.3 Å². The highest BCUT2D eigenvalue weighted by molar-refractivity contribution is 5.25. The van der Waals surface area contributed by atoms with Crippen LogP contribution in [0.4, 0.5) is 11.9 Å². The molecule has 0 bridgehead atoms. The van der Waals surface area contributed by atoms with E-state index >= 15 is 0 Å². The van der Waals surface area contributed by atoms with Crippen molar-refractivity contribution in [1.29, 1.82) is 0 Å². The largest absolute Gasteiger partial charge is 0.368 e. The zero-order valence-electron chi connectivity index (χ0n) is 7.36. The summed E-state index contributed by atoms with van der Waals surface area (Å²) in [5, 5.41) is 3.91. The number of likely N-dealkylation sites (N-methyl/N-ethyl adjacent to an activating group) is 1. The summed E-state index contributed by atoms with van der Waals surface area (Å²) >= 11 is 0. The monoisotopic (exact) mass is 170 g/mol. The lowest BCUT2D eigenvalue weighted by Crippen LogP contribution is -2.20. The molecular formula is C6H14N6. The molecule has 6 nitrogen and oxygen atoms in total. The highest BCUT2D eigenvalue weighted by Gasteiger charge is 2.02. The molecule has 0 fully saturated rings. The maximum absolute atomic E-state index is 5.52. The predicted molar refractivity (Wildman–Crippen MR) is 47.4 cm³/mol. The van der Waals surface area contributed by atoms with Crippen molar-refractivity contribution in [1.82, 2.24) is 19.7 Å². The second kappa shape index (κ2) is 3.40. The van der Waals surface area contributed by atoms with Gasteiger partial charge in [-0.3, -0.25) is 0 Å². The Morgan fingerprint density at radius 2 is 2.08 bits per heavy atom. The van der Waals surface area contributed by atoms with Crippen LogP contribution in [0.25, 0.3) is 0 Å². The van der Waals surface area contributed by atoms with Gasteiger partial charge in [-0.05, 0) is 14.1 Å². The van der Waals surface area contributed by atoms with E-state index in [1.165, 1.54) is 0 Å². The van der Waals surface area contributed by atoms with Crippen LogP contribution in [0.15, 0.2) is 0 Å². The van der Waals surface area contributed by atoms with Gasteiger partial charge in [-0.2, -0.15) is 4.98 Å². The molecule has 12 heavy (non-hydrogen) atoms. The highest BCUT2D eigenvalue weighted by atomic mass is 15.4. The fourth-order valence-corrected chi connectivity index (χ4v) is 0.832. The second-order valence-corrected chi connectivity index (χ2v) is 2.85. The molecule has 4 N–H and O–H groups in total. The first-order chi connectivity index (χ1) is 5.59. The van der Waals surface area contributed by atoms with E-state index in [1.807, 2.05) is 19.0 Å². The number of nitrogen functional groups attached to an aromatic ring is 2. The summed E-state index contributed by atoms with van der Waals surface area (Å²) in [6.07, 6.45) is 0. The zero-order chi connectivity index (χ0) is 9.14. The summed E-state index contributed by atoms with van der Waals surface area (Å²) in [4.78, 5) is 5.82. The van der Waals surface area contributed by atoms with Gasteiger partial charge in [0.1, 0.15) is 0 Å². The van der Waals surface area contributed by atoms with Crippen molar-refractivity contribution in [3.05, 3.63) is 0 Å². The van der Waals surface area contributed by atoms with Gasteiger partial charge in [-0.25, -0.2) is 4.68 Å². The minimum absolute atomic E-state index is 0.228. The van der Waals surface area contributed by atoms with Gasteiger partial charge >= 0.3 is 0 Å². The first-order valence-electron chi connectivity index (χ1n) is 3.70. The molecule has 1 heterocycles. The minimum atomic E-state index is 0.228. The first-order valence-corrected chi connectivity index (χ1v) is 3.70. The van der Waals surface area contributed by atoms with Crippen molar-refractivity contribution >= 4 is 11.9 Å². The Bertz CT molecular complexity index is 253. The number of nitrogens with two attached hydrogens (primary N) is 2. The number of hydrogen-bond acceptors (Lipinski definition) is 5. The molecule has 6 heteroatoms. The standard InChI is InChI=1S/C6H14N6/c1-11(2)3-4-12-6(8)9-5(7)10-12/h3-4H2,1-2H3,(H4,7,8,9,10). The topological polar surface area (TPSA) is 86.0 Å². The van der Waals surface area contributed by atoms with Crippen molar-refractivity contribution in [3.8, 4) is 0 Å². The van der Waals surface area contributed by atoms with E-state index in [1.54, 1.807) is 4.68 Å². The van der Waals surface area contributed by atoms with E-state index in [0.29, 0.717) is 12.5 Å². The molecule has 0 aliphatic heterocycles. The Hall–Kier alpha value is -1.30. The Morgan fingerprint density at radius 1 is 1.42 bits per heavy atom. The van der Waals surface area contributed by atoms with Gasteiger partial charge in [0.25, 0.3) is 0 Å². The number of aromatic nitrogens is 3. The van der Waals surface area contributed by atoms with Crippen molar-refractivity contribution in [2.45, 2.75) is 6.54 Å². The molecule has 0 radical (unpaired) electrons. The summed E-state index contributed by atoms with van der Waals surface area (Å²) in [5.74, 6) is 0.598. The quantitative estimate of drug-likeness (QED) is 0.608. The molecular weight excluding hydrogens is 156 g/mol. The second-order valence-electron chi connectivity index (χ2n) is 2.85. The van der Waals surface area contributed by atoms with Crippen LogP contribution in [0.5, 0.6) is 0 Å². The van der Waals surface area contributed by atoms with Gasteiger partial charge < -0.3 is 16.4 Å². The van der Waals surface area contributed by atoms with E-state index in [9.17, 15) is 0 Å². The van der Waals surface area contributed by atoms with Crippen LogP contribution in [0, 0.1) is 0 Å². The van der Waals surface area contributed by atoms with Crippen molar-refractivity contribution in [2.75, 3.05) is 32.1 Å². The van der Waals surface area contributed by atoms with Gasteiger partial charge in [0.2, 0.25) is 11.9 Å². The van der Waals surface area contributed by atoms with E-state index in [-0.39, 0.29) is 5.95 Å². The van der Waals surface area contributed by atoms with Gasteiger partial charge in [0.15, 0.2) is 0 Å². The number of anilines is 2. The molecule has 1 rings (SSSR count). The molecule has 0 amide bonds. The number of hydrogen-bond donors (Lipinski definition) is 2. The van der Waals surface area contributed by atoms with Crippen LogP contribution in [-0.2, 0) is 6.54 Å². The Kier molecular flexibility index (Phi) is 2.49. The lowest BCUT2D eigenvalue weighted by Gasteiger charge is -2.08. The molecule has 0 aromatic carbocycles. The summed E-state index contributed by atoms with van der Waals surface area (Å²) < 4.78 is 1.59. The van der Waals surface area contributed by atoms with Crippen LogP contribution >= 0.6 is 0 Å². The van der Waals surface area contributed by atoms with Crippen molar-refractivity contribution in [2.24, 2.45) is 0 Å². The maximum Gasteiger partial charge on any atom is 0.241 e. The zero-order valence-corrected chi connectivity index (χ0v) is 7.36. The van der Waals surface area contributed by atoms with Gasteiger partial charge in [0, 0.05) is 6.54 Å². The van der Waals surface area contributed by atoms with Crippen molar-refractivity contribution in [3.63, 3.8) is 0 Å². The molecule has 0 saturated heterocycles. The SMILES string of the molecule is CN(C)CCn1nc(N)nc1N. The molecule has 68 valence electrons. The summed E-state index contributed by atoms with van der Waals surface area (Å²) in [7, 11) is 3.97. The maximum atomic E-state index is 5.52. The summed E-state index contributed by atoms with van der Waals surface area (Å²) in [5.41, 5.74) is 10.9. The Balaban J connectivity index is 2.57. The Labute approximate surface area is 71.2 Å². The molecule has 0 atom stereocenters. The minimum Gasteiger partial charge on any atom is -0.368 e. The number of nitrogens with zero attached hydrogens (tertiary/aromatic N) is 4. The first kappa shape index (κ1) is 8.79. The van der Waals surface area contributed by atoms with Crippen LogP contribution < -0.4 is 11.5 Å². The molecule has 1 aromatic heterocycles. The van der Waals surface area contributed by atoms with E-state index < -0.39 is 0 Å². The average molecular weight is 170 g/mol. The highest BCUT2D eigenvalue weighted by Crippen LogP contribution is 2.00. The van der Waals surface area contributed by atoms with Crippen LogP contribution in [0.3, 0.4) is 0 Å². The molecule has 0 spiro atoms. The van der Waals surface area contributed by atoms with E-state index in [2.05, 4.69) is 10.1 Å². The van der Waals surface area contributed by atoms with E-state index in [4.69, 9.17) is 11.5 Å². The lowest BCUT2D eigenvalue weighted by molar-refractivity contribution is 0.375. The summed E-state index contributed by atoms with van der Waals surface area (Å²) in [6.45, 7) is 1.58. The van der Waals surface area contributed by atoms with E-state index in [0.717, 1.165) is 6.54 Å². The van der Waals surface area contributed by atoms with Gasteiger partial charge in [0.05, 0.1) is 6.54 Å². The Morgan fingerprint density at radius 3 is 2.50 bits per heavy atom. The summed E-state index contributed by atoms with van der Waals surface area (Å²) in [6, 6.07) is 0. The van der Waals surface area contributed by atoms with Gasteiger partial charge in [-0.1, -0.05) is 0 Å². The fourth-order valence-electron chi connectivity index (χ4n) is 0.832. The average Bonchev–Trinajstić information content (AvgIpc) is 2.26. The molecule has 1 aromatic rings. The number of rotatable bonds is 3.